The monoisotopic (exact) mass is 298 g/mol. The van der Waals surface area contributed by atoms with E-state index in [4.69, 9.17) is 0 Å². The standard InChI is InChI=1S/C16H18N4O2/c1-17-16(22)20-14(11-12-5-3-2-4-6-12)15(21)19-13-7-9-18-10-8-13/h2-10,14H,11H2,1H3,(H2,17,20,22)(H,18,19,21)/t14-/m0/s1. The van der Waals surface area contributed by atoms with E-state index in [-0.39, 0.29) is 5.91 Å². The van der Waals surface area contributed by atoms with Crippen molar-refractivity contribution in [2.75, 3.05) is 12.4 Å². The lowest BCUT2D eigenvalue weighted by Gasteiger charge is -2.18. The second-order valence-electron chi connectivity index (χ2n) is 4.69. The first-order chi connectivity index (χ1) is 10.7. The van der Waals surface area contributed by atoms with Crippen LogP contribution in [-0.2, 0) is 11.2 Å². The summed E-state index contributed by atoms with van der Waals surface area (Å²) in [5.74, 6) is -0.279. The number of benzene rings is 1. The molecule has 0 aliphatic heterocycles. The summed E-state index contributed by atoms with van der Waals surface area (Å²) in [6, 6.07) is 11.8. The van der Waals surface area contributed by atoms with Crippen molar-refractivity contribution in [1.29, 1.82) is 0 Å². The molecule has 0 aliphatic rings. The van der Waals surface area contributed by atoms with Crippen molar-refractivity contribution < 1.29 is 9.59 Å². The summed E-state index contributed by atoms with van der Waals surface area (Å²) in [7, 11) is 1.51. The third kappa shape index (κ3) is 4.59. The molecule has 6 nitrogen and oxygen atoms in total. The van der Waals surface area contributed by atoms with Crippen LogP contribution in [0.2, 0.25) is 0 Å². The Bertz CT molecular complexity index is 617. The number of carbonyl (C=O) groups excluding carboxylic acids is 2. The number of nitrogens with one attached hydrogen (secondary N) is 3. The SMILES string of the molecule is CNC(=O)N[C@@H](Cc1ccccc1)C(=O)Nc1ccncc1. The number of urea groups is 1. The first kappa shape index (κ1) is 15.5. The molecular formula is C16H18N4O2. The lowest BCUT2D eigenvalue weighted by Crippen LogP contribution is -2.48. The van der Waals surface area contributed by atoms with Gasteiger partial charge in [0.1, 0.15) is 6.04 Å². The highest BCUT2D eigenvalue weighted by Crippen LogP contribution is 2.08. The molecule has 1 aromatic heterocycles. The van der Waals surface area contributed by atoms with Crippen LogP contribution in [0.1, 0.15) is 5.56 Å². The van der Waals surface area contributed by atoms with Gasteiger partial charge in [-0.15, -0.1) is 0 Å². The smallest absolute Gasteiger partial charge is 0.315 e. The summed E-state index contributed by atoms with van der Waals surface area (Å²) in [6.45, 7) is 0. The Morgan fingerprint density at radius 3 is 2.41 bits per heavy atom. The zero-order valence-corrected chi connectivity index (χ0v) is 12.2. The Morgan fingerprint density at radius 1 is 1.09 bits per heavy atom. The summed E-state index contributed by atoms with van der Waals surface area (Å²) < 4.78 is 0. The number of hydrogen-bond donors (Lipinski definition) is 3. The molecule has 0 spiro atoms. The van der Waals surface area contributed by atoms with Crippen LogP contribution in [0.25, 0.3) is 0 Å². The number of hydrogen-bond acceptors (Lipinski definition) is 3. The van der Waals surface area contributed by atoms with Crippen LogP contribution < -0.4 is 16.0 Å². The highest BCUT2D eigenvalue weighted by atomic mass is 16.2. The van der Waals surface area contributed by atoms with Crippen molar-refractivity contribution >= 4 is 17.6 Å². The van der Waals surface area contributed by atoms with E-state index in [1.807, 2.05) is 30.3 Å². The molecule has 114 valence electrons. The molecule has 1 atom stereocenters. The zero-order chi connectivity index (χ0) is 15.8. The second-order valence-corrected chi connectivity index (χ2v) is 4.69. The summed E-state index contributed by atoms with van der Waals surface area (Å²) in [6.07, 6.45) is 3.59. The molecular weight excluding hydrogens is 280 g/mol. The average molecular weight is 298 g/mol. The fourth-order valence-corrected chi connectivity index (χ4v) is 1.95. The molecule has 2 rings (SSSR count). The van der Waals surface area contributed by atoms with Gasteiger partial charge >= 0.3 is 6.03 Å². The number of nitrogens with zero attached hydrogens (tertiary/aromatic N) is 1. The second kappa shape index (κ2) is 7.78. The van der Waals surface area contributed by atoms with E-state index < -0.39 is 12.1 Å². The van der Waals surface area contributed by atoms with Crippen LogP contribution in [0.4, 0.5) is 10.5 Å². The van der Waals surface area contributed by atoms with Gasteiger partial charge in [-0.25, -0.2) is 4.79 Å². The van der Waals surface area contributed by atoms with E-state index in [2.05, 4.69) is 20.9 Å². The molecule has 0 saturated heterocycles. The quantitative estimate of drug-likeness (QED) is 0.783. The Hall–Kier alpha value is -2.89. The summed E-state index contributed by atoms with van der Waals surface area (Å²) in [5, 5.41) is 7.89. The molecule has 0 bridgehead atoms. The maximum absolute atomic E-state index is 12.4. The minimum atomic E-state index is -0.671. The Morgan fingerprint density at radius 2 is 1.77 bits per heavy atom. The van der Waals surface area contributed by atoms with Gasteiger partial charge in [0.15, 0.2) is 0 Å². The molecule has 1 aromatic carbocycles. The van der Waals surface area contributed by atoms with Gasteiger partial charge in [-0.3, -0.25) is 9.78 Å². The summed E-state index contributed by atoms with van der Waals surface area (Å²) >= 11 is 0. The minimum absolute atomic E-state index is 0.279. The van der Waals surface area contributed by atoms with Gasteiger partial charge in [-0.05, 0) is 17.7 Å². The first-order valence-corrected chi connectivity index (χ1v) is 6.92. The van der Waals surface area contributed by atoms with Crippen molar-refractivity contribution in [3.63, 3.8) is 0 Å². The predicted octanol–water partition coefficient (Wildman–Crippen LogP) is 1.56. The number of pyridine rings is 1. The van der Waals surface area contributed by atoms with Crippen molar-refractivity contribution in [2.24, 2.45) is 0 Å². The number of amides is 3. The average Bonchev–Trinajstić information content (AvgIpc) is 2.56. The van der Waals surface area contributed by atoms with Crippen LogP contribution in [0.5, 0.6) is 0 Å². The third-order valence-corrected chi connectivity index (χ3v) is 3.08. The van der Waals surface area contributed by atoms with Gasteiger partial charge in [0.05, 0.1) is 0 Å². The van der Waals surface area contributed by atoms with E-state index in [1.165, 1.54) is 7.05 Å². The maximum Gasteiger partial charge on any atom is 0.315 e. The molecule has 0 fully saturated rings. The number of anilines is 1. The Kier molecular flexibility index (Phi) is 5.48. The topological polar surface area (TPSA) is 83.1 Å². The Labute approximate surface area is 129 Å². The van der Waals surface area contributed by atoms with Gasteiger partial charge in [-0.2, -0.15) is 0 Å². The molecule has 6 heteroatoms. The van der Waals surface area contributed by atoms with E-state index in [9.17, 15) is 9.59 Å². The van der Waals surface area contributed by atoms with Crippen LogP contribution in [0.3, 0.4) is 0 Å². The molecule has 3 amide bonds. The molecule has 0 radical (unpaired) electrons. The number of rotatable bonds is 5. The van der Waals surface area contributed by atoms with Crippen LogP contribution in [0, 0.1) is 0 Å². The van der Waals surface area contributed by atoms with Crippen molar-refractivity contribution in [3.8, 4) is 0 Å². The number of aromatic nitrogens is 1. The van der Waals surface area contributed by atoms with E-state index in [1.54, 1.807) is 24.5 Å². The van der Waals surface area contributed by atoms with Crippen LogP contribution >= 0.6 is 0 Å². The molecule has 0 aliphatic carbocycles. The van der Waals surface area contributed by atoms with Gasteiger partial charge < -0.3 is 16.0 Å². The Balaban J connectivity index is 2.09. The van der Waals surface area contributed by atoms with Gasteiger partial charge in [-0.1, -0.05) is 30.3 Å². The molecule has 1 heterocycles. The summed E-state index contributed by atoms with van der Waals surface area (Å²) in [4.78, 5) is 27.8. The van der Waals surface area contributed by atoms with Crippen molar-refractivity contribution in [1.82, 2.24) is 15.6 Å². The fourth-order valence-electron chi connectivity index (χ4n) is 1.95. The van der Waals surface area contributed by atoms with Crippen LogP contribution in [0.15, 0.2) is 54.9 Å². The maximum atomic E-state index is 12.4. The highest BCUT2D eigenvalue weighted by Gasteiger charge is 2.20. The molecule has 0 saturated carbocycles. The first-order valence-electron chi connectivity index (χ1n) is 6.92. The molecule has 22 heavy (non-hydrogen) atoms. The van der Waals surface area contributed by atoms with Gasteiger partial charge in [0.25, 0.3) is 0 Å². The molecule has 0 unspecified atom stereocenters. The van der Waals surface area contributed by atoms with E-state index >= 15 is 0 Å². The van der Waals surface area contributed by atoms with Crippen molar-refractivity contribution in [2.45, 2.75) is 12.5 Å². The van der Waals surface area contributed by atoms with Gasteiger partial charge in [0.2, 0.25) is 5.91 Å². The lowest BCUT2D eigenvalue weighted by molar-refractivity contribution is -0.117. The fraction of sp³-hybridized carbons (Fsp3) is 0.188. The minimum Gasteiger partial charge on any atom is -0.341 e. The third-order valence-electron chi connectivity index (χ3n) is 3.08. The number of carbonyl (C=O) groups is 2. The highest BCUT2D eigenvalue weighted by molar-refractivity contribution is 5.97. The van der Waals surface area contributed by atoms with Crippen molar-refractivity contribution in [3.05, 3.63) is 60.4 Å². The zero-order valence-electron chi connectivity index (χ0n) is 12.2. The largest absolute Gasteiger partial charge is 0.341 e. The summed E-state index contributed by atoms with van der Waals surface area (Å²) in [5.41, 5.74) is 1.60. The predicted molar refractivity (Wildman–Crippen MR) is 84.4 cm³/mol. The van der Waals surface area contributed by atoms with E-state index in [0.717, 1.165) is 5.56 Å². The molecule has 2 aromatic rings. The van der Waals surface area contributed by atoms with Crippen LogP contribution in [-0.4, -0.2) is 30.0 Å². The normalized spacial score (nSPS) is 11.3. The lowest BCUT2D eigenvalue weighted by atomic mass is 10.1. The van der Waals surface area contributed by atoms with Gasteiger partial charge in [0, 0.05) is 31.5 Å². The van der Waals surface area contributed by atoms with E-state index in [0.29, 0.717) is 12.1 Å². The molecule has 3 N–H and O–H groups in total.